The first-order valence-corrected chi connectivity index (χ1v) is 13.3. The summed E-state index contributed by atoms with van der Waals surface area (Å²) in [5.41, 5.74) is 4.59. The van der Waals surface area contributed by atoms with Gasteiger partial charge in [0.1, 0.15) is 11.5 Å². The second kappa shape index (κ2) is 9.01. The zero-order chi connectivity index (χ0) is 23.9. The van der Waals surface area contributed by atoms with Gasteiger partial charge in [-0.3, -0.25) is 0 Å². The van der Waals surface area contributed by atoms with Crippen LogP contribution >= 0.6 is 0 Å². The van der Waals surface area contributed by atoms with E-state index in [1.54, 1.807) is 6.20 Å². The maximum absolute atomic E-state index is 11.9. The molecule has 0 radical (unpaired) electrons. The van der Waals surface area contributed by atoms with Gasteiger partial charge >= 0.3 is 0 Å². The molecule has 4 heterocycles. The van der Waals surface area contributed by atoms with Gasteiger partial charge in [0.25, 0.3) is 0 Å². The maximum atomic E-state index is 11.9. The Kier molecular flexibility index (Phi) is 6.05. The summed E-state index contributed by atoms with van der Waals surface area (Å²) in [4.78, 5) is 13.9. The highest BCUT2D eigenvalue weighted by atomic mass is 32.2. The average molecular weight is 483 g/mol. The van der Waals surface area contributed by atoms with E-state index in [9.17, 15) is 8.42 Å². The van der Waals surface area contributed by atoms with Gasteiger partial charge in [-0.2, -0.15) is 4.31 Å². The number of hydrogen-bond acceptors (Lipinski definition) is 8. The van der Waals surface area contributed by atoms with Gasteiger partial charge in [-0.1, -0.05) is 6.07 Å². The Morgan fingerprint density at radius 2 is 1.88 bits per heavy atom. The molecule has 2 aliphatic heterocycles. The Morgan fingerprint density at radius 1 is 1.09 bits per heavy atom. The van der Waals surface area contributed by atoms with Crippen LogP contribution in [0.2, 0.25) is 0 Å². The van der Waals surface area contributed by atoms with E-state index in [1.807, 2.05) is 25.1 Å². The van der Waals surface area contributed by atoms with Gasteiger partial charge < -0.3 is 19.5 Å². The first-order valence-electron chi connectivity index (χ1n) is 11.5. The van der Waals surface area contributed by atoms with Gasteiger partial charge in [-0.15, -0.1) is 0 Å². The fourth-order valence-corrected chi connectivity index (χ4v) is 5.23. The van der Waals surface area contributed by atoms with Crippen molar-refractivity contribution in [3.63, 3.8) is 0 Å². The van der Waals surface area contributed by atoms with Crippen LogP contribution in [0, 0.1) is 6.92 Å². The Balaban J connectivity index is 1.37. The summed E-state index contributed by atoms with van der Waals surface area (Å²) in [6, 6.07) is 10.2. The molecule has 0 spiro atoms. The lowest BCUT2D eigenvalue weighted by Gasteiger charge is -2.34. The van der Waals surface area contributed by atoms with Crippen molar-refractivity contribution in [1.82, 2.24) is 19.2 Å². The predicted molar refractivity (Wildman–Crippen MR) is 133 cm³/mol. The molecule has 2 aromatic heterocycles. The summed E-state index contributed by atoms with van der Waals surface area (Å²) in [6.07, 6.45) is 3.57. The van der Waals surface area contributed by atoms with E-state index in [-0.39, 0.29) is 0 Å². The van der Waals surface area contributed by atoms with Gasteiger partial charge in [0.2, 0.25) is 16.0 Å². The standard InChI is InChI=1S/C24H30N6O3S/c1-17-15-25-24(26-19-5-4-6-20(14-19)29-11-9-28(2)10-12-29)27-23(17)22-13-18-16-30(34(3,31)32)8-7-21(18)33-22/h4-6,13-15H,7-12,16H2,1-3H3,(H,25,26,27). The molecule has 0 saturated carbocycles. The number of nitrogens with one attached hydrogen (secondary N) is 1. The van der Waals surface area contributed by atoms with Crippen LogP contribution in [0.5, 0.6) is 0 Å². The number of likely N-dealkylation sites (N-methyl/N-ethyl adjacent to an activating group) is 1. The third-order valence-electron chi connectivity index (χ3n) is 6.48. The second-order valence-corrected chi connectivity index (χ2v) is 11.1. The molecule has 10 heteroatoms. The average Bonchev–Trinajstić information content (AvgIpc) is 3.24. The number of benzene rings is 1. The molecule has 0 aliphatic carbocycles. The van der Waals surface area contributed by atoms with Crippen LogP contribution < -0.4 is 10.2 Å². The van der Waals surface area contributed by atoms with Crippen LogP contribution in [0.15, 0.2) is 40.9 Å². The number of nitrogens with zero attached hydrogens (tertiary/aromatic N) is 5. The Labute approximate surface area is 200 Å². The molecule has 1 N–H and O–H groups in total. The van der Waals surface area contributed by atoms with E-state index < -0.39 is 10.0 Å². The molecule has 2 aliphatic rings. The van der Waals surface area contributed by atoms with Gasteiger partial charge in [0, 0.05) is 68.8 Å². The summed E-state index contributed by atoms with van der Waals surface area (Å²) < 4.78 is 31.5. The largest absolute Gasteiger partial charge is 0.459 e. The molecule has 9 nitrogen and oxygen atoms in total. The van der Waals surface area contributed by atoms with Crippen molar-refractivity contribution in [2.45, 2.75) is 19.9 Å². The third-order valence-corrected chi connectivity index (χ3v) is 7.73. The molecule has 0 bridgehead atoms. The molecule has 0 unspecified atom stereocenters. The normalized spacial score (nSPS) is 17.6. The number of rotatable bonds is 5. The number of hydrogen-bond donors (Lipinski definition) is 1. The summed E-state index contributed by atoms with van der Waals surface area (Å²) in [6.45, 7) is 6.81. The fraction of sp³-hybridized carbons (Fsp3) is 0.417. The van der Waals surface area contributed by atoms with Crippen molar-refractivity contribution in [2.75, 3.05) is 56.2 Å². The van der Waals surface area contributed by atoms with E-state index in [4.69, 9.17) is 9.40 Å². The summed E-state index contributed by atoms with van der Waals surface area (Å²) in [7, 11) is -1.09. The lowest BCUT2D eigenvalue weighted by molar-refractivity contribution is 0.313. The molecule has 1 fully saturated rings. The molecule has 180 valence electrons. The zero-order valence-corrected chi connectivity index (χ0v) is 20.6. The van der Waals surface area contributed by atoms with E-state index in [0.717, 1.165) is 48.8 Å². The van der Waals surface area contributed by atoms with E-state index in [0.29, 0.717) is 36.9 Å². The Bertz CT molecular complexity index is 1300. The van der Waals surface area contributed by atoms with Crippen molar-refractivity contribution < 1.29 is 12.8 Å². The van der Waals surface area contributed by atoms with Gasteiger partial charge in [-0.25, -0.2) is 18.4 Å². The minimum absolute atomic E-state index is 0.325. The number of furan rings is 1. The van der Waals surface area contributed by atoms with Gasteiger partial charge in [0.15, 0.2) is 5.76 Å². The number of aryl methyl sites for hydroxylation is 1. The smallest absolute Gasteiger partial charge is 0.227 e. The monoisotopic (exact) mass is 482 g/mol. The lowest BCUT2D eigenvalue weighted by Crippen LogP contribution is -2.44. The van der Waals surface area contributed by atoms with Crippen LogP contribution in [0.1, 0.15) is 16.9 Å². The molecule has 0 atom stereocenters. The maximum Gasteiger partial charge on any atom is 0.227 e. The fourth-order valence-electron chi connectivity index (χ4n) is 4.43. The molecule has 5 rings (SSSR count). The Hall–Kier alpha value is -2.95. The summed E-state index contributed by atoms with van der Waals surface area (Å²) in [5, 5.41) is 3.33. The number of sulfonamides is 1. The second-order valence-electron chi connectivity index (χ2n) is 9.10. The SMILES string of the molecule is Cc1cnc(Nc2cccc(N3CCN(C)CC3)c2)nc1-c1cc2c(o1)CCN(S(C)(=O)=O)C2. The summed E-state index contributed by atoms with van der Waals surface area (Å²) in [5.74, 6) is 1.94. The minimum Gasteiger partial charge on any atom is -0.459 e. The topological polar surface area (TPSA) is 94.8 Å². The zero-order valence-electron chi connectivity index (χ0n) is 19.8. The minimum atomic E-state index is -3.24. The van der Waals surface area contributed by atoms with E-state index >= 15 is 0 Å². The molecular weight excluding hydrogens is 452 g/mol. The number of aromatic nitrogens is 2. The van der Waals surface area contributed by atoms with Crippen LogP contribution in [-0.2, 0) is 23.0 Å². The first-order chi connectivity index (χ1) is 16.3. The van der Waals surface area contributed by atoms with Crippen molar-refractivity contribution in [1.29, 1.82) is 0 Å². The summed E-state index contributed by atoms with van der Waals surface area (Å²) >= 11 is 0. The highest BCUT2D eigenvalue weighted by Gasteiger charge is 2.27. The predicted octanol–water partition coefficient (Wildman–Crippen LogP) is 2.86. The molecule has 1 aromatic carbocycles. The molecule has 34 heavy (non-hydrogen) atoms. The third kappa shape index (κ3) is 4.79. The van der Waals surface area contributed by atoms with Crippen molar-refractivity contribution in [2.24, 2.45) is 0 Å². The first kappa shape index (κ1) is 22.8. The molecular formula is C24H30N6O3S. The number of piperazine rings is 1. The Morgan fingerprint density at radius 3 is 2.65 bits per heavy atom. The van der Waals surface area contributed by atoms with Crippen LogP contribution in [0.25, 0.3) is 11.5 Å². The highest BCUT2D eigenvalue weighted by molar-refractivity contribution is 7.88. The van der Waals surface area contributed by atoms with Crippen molar-refractivity contribution in [3.8, 4) is 11.5 Å². The van der Waals surface area contributed by atoms with Crippen LogP contribution in [0.4, 0.5) is 17.3 Å². The molecule has 3 aromatic rings. The number of anilines is 3. The van der Waals surface area contributed by atoms with Crippen LogP contribution in [-0.4, -0.2) is 73.6 Å². The van der Waals surface area contributed by atoms with E-state index in [1.165, 1.54) is 16.2 Å². The van der Waals surface area contributed by atoms with Crippen LogP contribution in [0.3, 0.4) is 0 Å². The highest BCUT2D eigenvalue weighted by Crippen LogP contribution is 2.32. The molecule has 0 amide bonds. The van der Waals surface area contributed by atoms with Gasteiger partial charge in [-0.05, 0) is 43.8 Å². The lowest BCUT2D eigenvalue weighted by atomic mass is 10.1. The van der Waals surface area contributed by atoms with E-state index in [2.05, 4.69) is 39.3 Å². The quantitative estimate of drug-likeness (QED) is 0.593. The molecule has 1 saturated heterocycles. The van der Waals surface area contributed by atoms with Crippen molar-refractivity contribution in [3.05, 3.63) is 53.4 Å². The van der Waals surface area contributed by atoms with Gasteiger partial charge in [0.05, 0.1) is 6.26 Å². The number of fused-ring (bicyclic) bond motifs is 1. The van der Waals surface area contributed by atoms with Crippen molar-refractivity contribution >= 4 is 27.3 Å².